The summed E-state index contributed by atoms with van der Waals surface area (Å²) in [5.41, 5.74) is 2.34. The molecule has 3 N–H and O–H groups in total. The third-order valence-corrected chi connectivity index (χ3v) is 3.01. The summed E-state index contributed by atoms with van der Waals surface area (Å²) in [6, 6.07) is 8.12. The Bertz CT molecular complexity index is 341. The molecule has 0 aliphatic heterocycles. The van der Waals surface area contributed by atoms with E-state index in [9.17, 15) is 5.11 Å². The van der Waals surface area contributed by atoms with Gasteiger partial charge in [0, 0.05) is 13.2 Å². The van der Waals surface area contributed by atoms with E-state index < -0.39 is 6.10 Å². The van der Waals surface area contributed by atoms with Crippen molar-refractivity contribution in [2.75, 3.05) is 19.7 Å². The monoisotopic (exact) mass is 251 g/mol. The van der Waals surface area contributed by atoms with E-state index in [1.54, 1.807) is 0 Å². The van der Waals surface area contributed by atoms with Gasteiger partial charge in [0.2, 0.25) is 0 Å². The predicted molar refractivity (Wildman–Crippen MR) is 74.7 cm³/mol. The minimum atomic E-state index is -0.488. The Hall–Kier alpha value is -0.900. The lowest BCUT2D eigenvalue weighted by atomic mass is 9.86. The Morgan fingerprint density at radius 3 is 2.28 bits per heavy atom. The van der Waals surface area contributed by atoms with Crippen LogP contribution >= 0.6 is 0 Å². The standard InChI is InChI=1S/C15H25NO2/c1-15(2,3)13-7-5-12(6-8-13)14(18)11-16-9-4-10-17/h5-8,14,16-18H,4,9-11H2,1-3H3. The minimum Gasteiger partial charge on any atom is -0.396 e. The smallest absolute Gasteiger partial charge is 0.0914 e. The fraction of sp³-hybridized carbons (Fsp3) is 0.600. The second-order valence-electron chi connectivity index (χ2n) is 5.67. The van der Waals surface area contributed by atoms with E-state index in [4.69, 9.17) is 5.11 Å². The topological polar surface area (TPSA) is 52.5 Å². The molecule has 0 radical (unpaired) electrons. The van der Waals surface area contributed by atoms with Crippen molar-refractivity contribution in [1.29, 1.82) is 0 Å². The van der Waals surface area contributed by atoms with Gasteiger partial charge in [-0.05, 0) is 29.5 Å². The first-order valence-corrected chi connectivity index (χ1v) is 6.55. The Kier molecular flexibility index (Phi) is 5.79. The molecule has 1 aromatic rings. The number of aliphatic hydroxyl groups is 2. The van der Waals surface area contributed by atoms with Crippen LogP contribution in [0.4, 0.5) is 0 Å². The van der Waals surface area contributed by atoms with Gasteiger partial charge < -0.3 is 15.5 Å². The Labute approximate surface area is 110 Å². The molecule has 0 saturated carbocycles. The largest absolute Gasteiger partial charge is 0.396 e. The van der Waals surface area contributed by atoms with E-state index in [0.717, 1.165) is 18.5 Å². The zero-order valence-electron chi connectivity index (χ0n) is 11.6. The molecular formula is C15H25NO2. The van der Waals surface area contributed by atoms with E-state index >= 15 is 0 Å². The summed E-state index contributed by atoms with van der Waals surface area (Å²) in [6.07, 6.45) is 0.230. The molecule has 1 rings (SSSR count). The van der Waals surface area contributed by atoms with Gasteiger partial charge in [-0.25, -0.2) is 0 Å². The summed E-state index contributed by atoms with van der Waals surface area (Å²) in [6.45, 7) is 7.96. The molecule has 0 aliphatic rings. The van der Waals surface area contributed by atoms with E-state index in [2.05, 4.69) is 38.2 Å². The molecule has 1 aromatic carbocycles. The van der Waals surface area contributed by atoms with Gasteiger partial charge in [-0.3, -0.25) is 0 Å². The van der Waals surface area contributed by atoms with Gasteiger partial charge in [-0.2, -0.15) is 0 Å². The van der Waals surface area contributed by atoms with E-state index in [1.807, 2.05) is 12.1 Å². The van der Waals surface area contributed by atoms with Crippen molar-refractivity contribution in [2.45, 2.75) is 38.7 Å². The lowest BCUT2D eigenvalue weighted by Gasteiger charge is -2.20. The molecule has 1 atom stereocenters. The number of hydrogen-bond acceptors (Lipinski definition) is 3. The van der Waals surface area contributed by atoms with E-state index in [-0.39, 0.29) is 12.0 Å². The lowest BCUT2D eigenvalue weighted by molar-refractivity contribution is 0.173. The highest BCUT2D eigenvalue weighted by Gasteiger charge is 2.14. The number of nitrogens with one attached hydrogen (secondary N) is 1. The molecule has 0 aromatic heterocycles. The maximum atomic E-state index is 9.99. The lowest BCUT2D eigenvalue weighted by Crippen LogP contribution is -2.23. The molecule has 0 fully saturated rings. The van der Waals surface area contributed by atoms with Gasteiger partial charge in [-0.15, -0.1) is 0 Å². The van der Waals surface area contributed by atoms with Crippen molar-refractivity contribution in [3.63, 3.8) is 0 Å². The first kappa shape index (κ1) is 15.2. The number of hydrogen-bond donors (Lipinski definition) is 3. The average molecular weight is 251 g/mol. The van der Waals surface area contributed by atoms with Gasteiger partial charge in [0.25, 0.3) is 0 Å². The Balaban J connectivity index is 2.51. The molecule has 0 spiro atoms. The summed E-state index contributed by atoms with van der Waals surface area (Å²) in [5, 5.41) is 21.8. The van der Waals surface area contributed by atoms with Crippen molar-refractivity contribution >= 4 is 0 Å². The molecule has 0 heterocycles. The average Bonchev–Trinajstić information content (AvgIpc) is 2.33. The van der Waals surface area contributed by atoms with Crippen LogP contribution in [-0.4, -0.2) is 29.9 Å². The number of benzene rings is 1. The highest BCUT2D eigenvalue weighted by atomic mass is 16.3. The van der Waals surface area contributed by atoms with Crippen molar-refractivity contribution in [1.82, 2.24) is 5.32 Å². The molecule has 0 saturated heterocycles. The van der Waals surface area contributed by atoms with Crippen LogP contribution in [0.3, 0.4) is 0 Å². The zero-order chi connectivity index (χ0) is 13.6. The summed E-state index contributed by atoms with van der Waals surface area (Å²) < 4.78 is 0. The Morgan fingerprint density at radius 2 is 1.78 bits per heavy atom. The maximum absolute atomic E-state index is 9.99. The third kappa shape index (κ3) is 4.77. The second-order valence-corrected chi connectivity index (χ2v) is 5.67. The van der Waals surface area contributed by atoms with E-state index in [0.29, 0.717) is 6.54 Å². The van der Waals surface area contributed by atoms with Crippen LogP contribution in [0.2, 0.25) is 0 Å². The molecule has 18 heavy (non-hydrogen) atoms. The van der Waals surface area contributed by atoms with Gasteiger partial charge >= 0.3 is 0 Å². The van der Waals surface area contributed by atoms with Gasteiger partial charge in [0.15, 0.2) is 0 Å². The predicted octanol–water partition coefficient (Wildman–Crippen LogP) is 1.99. The first-order chi connectivity index (χ1) is 8.45. The first-order valence-electron chi connectivity index (χ1n) is 6.55. The molecule has 1 unspecified atom stereocenters. The van der Waals surface area contributed by atoms with Gasteiger partial charge in [-0.1, -0.05) is 45.0 Å². The van der Waals surface area contributed by atoms with Crippen molar-refractivity contribution in [3.8, 4) is 0 Å². The molecule has 0 bridgehead atoms. The van der Waals surface area contributed by atoms with Crippen molar-refractivity contribution < 1.29 is 10.2 Å². The molecule has 3 nitrogen and oxygen atoms in total. The molecular weight excluding hydrogens is 226 g/mol. The van der Waals surface area contributed by atoms with Crippen LogP contribution in [0, 0.1) is 0 Å². The normalized spacial score (nSPS) is 13.6. The zero-order valence-corrected chi connectivity index (χ0v) is 11.6. The highest BCUT2D eigenvalue weighted by Crippen LogP contribution is 2.23. The molecule has 0 aliphatic carbocycles. The third-order valence-electron chi connectivity index (χ3n) is 3.01. The van der Waals surface area contributed by atoms with Crippen LogP contribution in [0.1, 0.15) is 44.4 Å². The van der Waals surface area contributed by atoms with Crippen molar-refractivity contribution in [2.24, 2.45) is 0 Å². The number of rotatable bonds is 6. The number of aliphatic hydroxyl groups excluding tert-OH is 2. The summed E-state index contributed by atoms with van der Waals surface area (Å²) in [5.74, 6) is 0. The van der Waals surface area contributed by atoms with Crippen LogP contribution in [-0.2, 0) is 5.41 Å². The van der Waals surface area contributed by atoms with Gasteiger partial charge in [0.05, 0.1) is 6.10 Å². The maximum Gasteiger partial charge on any atom is 0.0914 e. The van der Waals surface area contributed by atoms with Gasteiger partial charge in [0.1, 0.15) is 0 Å². The van der Waals surface area contributed by atoms with Crippen LogP contribution in [0.5, 0.6) is 0 Å². The summed E-state index contributed by atoms with van der Waals surface area (Å²) in [7, 11) is 0. The Morgan fingerprint density at radius 1 is 1.17 bits per heavy atom. The van der Waals surface area contributed by atoms with Crippen LogP contribution in [0.25, 0.3) is 0 Å². The molecule has 102 valence electrons. The molecule has 0 amide bonds. The SMILES string of the molecule is CC(C)(C)c1ccc(C(O)CNCCCO)cc1. The van der Waals surface area contributed by atoms with E-state index in [1.165, 1.54) is 5.56 Å². The summed E-state index contributed by atoms with van der Waals surface area (Å²) >= 11 is 0. The minimum absolute atomic E-state index is 0.142. The fourth-order valence-electron chi connectivity index (χ4n) is 1.77. The fourth-order valence-corrected chi connectivity index (χ4v) is 1.77. The van der Waals surface area contributed by atoms with Crippen molar-refractivity contribution in [3.05, 3.63) is 35.4 Å². The van der Waals surface area contributed by atoms with Crippen LogP contribution in [0.15, 0.2) is 24.3 Å². The molecule has 3 heteroatoms. The second kappa shape index (κ2) is 6.88. The van der Waals surface area contributed by atoms with Crippen LogP contribution < -0.4 is 5.32 Å². The summed E-state index contributed by atoms with van der Waals surface area (Å²) in [4.78, 5) is 0. The quantitative estimate of drug-likeness (QED) is 0.678. The highest BCUT2D eigenvalue weighted by molar-refractivity contribution is 5.28.